The average Bonchev–Trinajstić information content (AvgIpc) is 2.92. The molecule has 1 aliphatic heterocycles. The van der Waals surface area contributed by atoms with Crippen LogP contribution in [0.5, 0.6) is 0 Å². The van der Waals surface area contributed by atoms with Crippen molar-refractivity contribution >= 4 is 51.0 Å². The van der Waals surface area contributed by atoms with Gasteiger partial charge >= 0.3 is 5.97 Å². The molecule has 6 nitrogen and oxygen atoms in total. The number of nitrogens with zero attached hydrogens (tertiary/aromatic N) is 1. The fraction of sp³-hybridized carbons (Fsp3) is 0.412. The van der Waals surface area contributed by atoms with Crippen LogP contribution < -0.4 is 0 Å². The molecule has 0 radical (unpaired) electrons. The van der Waals surface area contributed by atoms with Gasteiger partial charge < -0.3 is 9.64 Å². The highest BCUT2D eigenvalue weighted by Crippen LogP contribution is 2.22. The molecule has 0 saturated carbocycles. The van der Waals surface area contributed by atoms with E-state index in [-0.39, 0.29) is 17.5 Å². The second-order valence-electron chi connectivity index (χ2n) is 5.84. The third kappa shape index (κ3) is 5.72. The van der Waals surface area contributed by atoms with Gasteiger partial charge in [0.25, 0.3) is 5.91 Å². The molecule has 0 aromatic heterocycles. The predicted octanol–water partition coefficient (Wildman–Crippen LogP) is 2.59. The van der Waals surface area contributed by atoms with E-state index in [1.165, 1.54) is 17.1 Å². The zero-order valence-corrected chi connectivity index (χ0v) is 16.5. The SMILES string of the molecule is CCN(C(=O)COC(=O)/C=C/c1ccc(Cl)cc1Cl)[C@@H]1CCS(=O)(=O)C1. The van der Waals surface area contributed by atoms with Crippen LogP contribution in [0.2, 0.25) is 10.0 Å². The minimum Gasteiger partial charge on any atom is -0.452 e. The summed E-state index contributed by atoms with van der Waals surface area (Å²) < 4.78 is 28.1. The Morgan fingerprint density at radius 3 is 2.65 bits per heavy atom. The van der Waals surface area contributed by atoms with Crippen molar-refractivity contribution in [2.75, 3.05) is 24.7 Å². The zero-order valence-electron chi connectivity index (χ0n) is 14.2. The van der Waals surface area contributed by atoms with Crippen molar-refractivity contribution in [1.29, 1.82) is 0 Å². The number of benzene rings is 1. The number of hydrogen-bond donors (Lipinski definition) is 0. The highest BCUT2D eigenvalue weighted by molar-refractivity contribution is 7.91. The number of esters is 1. The molecule has 1 atom stereocenters. The number of rotatable bonds is 6. The molecule has 1 saturated heterocycles. The summed E-state index contributed by atoms with van der Waals surface area (Å²) in [5.41, 5.74) is 0.589. The number of sulfone groups is 1. The number of hydrogen-bond acceptors (Lipinski definition) is 5. The average molecular weight is 420 g/mol. The number of carbonyl (C=O) groups is 2. The maximum absolute atomic E-state index is 12.2. The van der Waals surface area contributed by atoms with Crippen LogP contribution in [0, 0.1) is 0 Å². The van der Waals surface area contributed by atoms with E-state index >= 15 is 0 Å². The minimum atomic E-state index is -3.10. The van der Waals surface area contributed by atoms with E-state index in [0.29, 0.717) is 28.6 Å². The molecule has 0 unspecified atom stereocenters. The van der Waals surface area contributed by atoms with Crippen molar-refractivity contribution in [1.82, 2.24) is 4.90 Å². The number of halogens is 2. The van der Waals surface area contributed by atoms with E-state index in [1.54, 1.807) is 25.1 Å². The fourth-order valence-electron chi connectivity index (χ4n) is 2.72. The first-order valence-corrected chi connectivity index (χ1v) is 10.6. The van der Waals surface area contributed by atoms with Crippen LogP contribution in [0.1, 0.15) is 18.9 Å². The third-order valence-electron chi connectivity index (χ3n) is 4.01. The summed E-state index contributed by atoms with van der Waals surface area (Å²) in [7, 11) is -3.10. The maximum atomic E-state index is 12.2. The van der Waals surface area contributed by atoms with Crippen molar-refractivity contribution in [3.63, 3.8) is 0 Å². The van der Waals surface area contributed by atoms with Gasteiger partial charge in [0.15, 0.2) is 16.4 Å². The van der Waals surface area contributed by atoms with Gasteiger partial charge in [-0.05, 0) is 37.1 Å². The summed E-state index contributed by atoms with van der Waals surface area (Å²) in [5, 5.41) is 0.867. The normalized spacial score (nSPS) is 18.8. The Bertz CT molecular complexity index is 822. The van der Waals surface area contributed by atoms with E-state index in [2.05, 4.69) is 0 Å². The minimum absolute atomic E-state index is 0.0461. The number of ether oxygens (including phenoxy) is 1. The molecule has 1 fully saturated rings. The van der Waals surface area contributed by atoms with Gasteiger partial charge in [-0.2, -0.15) is 0 Å². The van der Waals surface area contributed by atoms with Crippen molar-refractivity contribution in [3.8, 4) is 0 Å². The quantitative estimate of drug-likeness (QED) is 0.522. The van der Waals surface area contributed by atoms with Crippen LogP contribution in [-0.4, -0.2) is 55.9 Å². The lowest BCUT2D eigenvalue weighted by Crippen LogP contribution is -2.43. The van der Waals surface area contributed by atoms with Crippen molar-refractivity contribution < 1.29 is 22.7 Å². The summed E-state index contributed by atoms with van der Waals surface area (Å²) in [5.74, 6) is -1.08. The smallest absolute Gasteiger partial charge is 0.331 e. The molecule has 2 rings (SSSR count). The van der Waals surface area contributed by atoms with Crippen LogP contribution in [0.3, 0.4) is 0 Å². The second-order valence-corrected chi connectivity index (χ2v) is 8.92. The molecule has 1 heterocycles. The molecule has 1 aromatic carbocycles. The number of likely N-dealkylation sites (N-methyl/N-ethyl adjacent to an activating group) is 1. The van der Waals surface area contributed by atoms with Gasteiger partial charge in [-0.25, -0.2) is 13.2 Å². The van der Waals surface area contributed by atoms with Crippen molar-refractivity contribution in [2.24, 2.45) is 0 Å². The largest absolute Gasteiger partial charge is 0.452 e. The Kier molecular flexibility index (Phi) is 7.08. The molecule has 0 bridgehead atoms. The van der Waals surface area contributed by atoms with Crippen molar-refractivity contribution in [3.05, 3.63) is 39.9 Å². The van der Waals surface area contributed by atoms with Crippen molar-refractivity contribution in [2.45, 2.75) is 19.4 Å². The molecule has 1 amide bonds. The summed E-state index contributed by atoms with van der Waals surface area (Å²) in [6.45, 7) is 1.67. The Morgan fingerprint density at radius 1 is 1.35 bits per heavy atom. The number of carbonyl (C=O) groups excluding carboxylic acids is 2. The lowest BCUT2D eigenvalue weighted by Gasteiger charge is -2.26. The monoisotopic (exact) mass is 419 g/mol. The van der Waals surface area contributed by atoms with Gasteiger partial charge in [-0.1, -0.05) is 29.3 Å². The lowest BCUT2D eigenvalue weighted by atomic mass is 10.2. The molecule has 0 N–H and O–H groups in total. The van der Waals surface area contributed by atoms with Gasteiger partial charge in [-0.15, -0.1) is 0 Å². The Balaban J connectivity index is 1.89. The highest BCUT2D eigenvalue weighted by atomic mass is 35.5. The molecule has 26 heavy (non-hydrogen) atoms. The molecule has 0 aliphatic carbocycles. The van der Waals surface area contributed by atoms with Crippen LogP contribution in [0.4, 0.5) is 0 Å². The Hall–Kier alpha value is -1.57. The topological polar surface area (TPSA) is 80.8 Å². The second kappa shape index (κ2) is 8.88. The first kappa shape index (κ1) is 20.7. The molecule has 0 spiro atoms. The highest BCUT2D eigenvalue weighted by Gasteiger charge is 2.34. The first-order chi connectivity index (χ1) is 12.2. The summed E-state index contributed by atoms with van der Waals surface area (Å²) in [4.78, 5) is 25.5. The Labute approximate surface area is 162 Å². The molecular weight excluding hydrogens is 401 g/mol. The standard InChI is InChI=1S/C17H19Cl2NO5S/c1-2-20(14-7-8-26(23,24)11-14)16(21)10-25-17(22)6-4-12-3-5-13(18)9-15(12)19/h3-6,9,14H,2,7-8,10-11H2,1H3/b6-4+/t14-/m1/s1. The number of amides is 1. The molecule has 1 aromatic rings. The third-order valence-corrected chi connectivity index (χ3v) is 6.32. The van der Waals surface area contributed by atoms with E-state index in [9.17, 15) is 18.0 Å². The molecule has 9 heteroatoms. The van der Waals surface area contributed by atoms with Crippen LogP contribution in [0.15, 0.2) is 24.3 Å². The van der Waals surface area contributed by atoms with E-state index < -0.39 is 28.3 Å². The molecule has 1 aliphatic rings. The summed E-state index contributed by atoms with van der Waals surface area (Å²) in [6, 6.07) is 4.47. The lowest BCUT2D eigenvalue weighted by molar-refractivity contribution is -0.149. The van der Waals surface area contributed by atoms with E-state index in [0.717, 1.165) is 0 Å². The van der Waals surface area contributed by atoms with Crippen LogP contribution >= 0.6 is 23.2 Å². The van der Waals surface area contributed by atoms with Gasteiger partial charge in [0.2, 0.25) is 0 Å². The molecule has 142 valence electrons. The van der Waals surface area contributed by atoms with Crippen LogP contribution in [0.25, 0.3) is 6.08 Å². The van der Waals surface area contributed by atoms with Gasteiger partial charge in [-0.3, -0.25) is 4.79 Å². The van der Waals surface area contributed by atoms with Crippen LogP contribution in [-0.2, 0) is 24.2 Å². The van der Waals surface area contributed by atoms with E-state index in [1.807, 2.05) is 0 Å². The van der Waals surface area contributed by atoms with E-state index in [4.69, 9.17) is 27.9 Å². The van der Waals surface area contributed by atoms with Gasteiger partial charge in [0, 0.05) is 28.7 Å². The summed E-state index contributed by atoms with van der Waals surface area (Å²) >= 11 is 11.8. The van der Waals surface area contributed by atoms with Gasteiger partial charge in [0.1, 0.15) is 0 Å². The maximum Gasteiger partial charge on any atom is 0.331 e. The van der Waals surface area contributed by atoms with Gasteiger partial charge in [0.05, 0.1) is 11.5 Å². The predicted molar refractivity (Wildman–Crippen MR) is 101 cm³/mol. The molecular formula is C17H19Cl2NO5S. The zero-order chi connectivity index (χ0) is 19.3. The fourth-order valence-corrected chi connectivity index (χ4v) is 4.92. The Morgan fingerprint density at radius 2 is 2.08 bits per heavy atom. The summed E-state index contributed by atoms with van der Waals surface area (Å²) in [6.07, 6.45) is 3.04. The first-order valence-electron chi connectivity index (χ1n) is 8.01.